The van der Waals surface area contributed by atoms with Crippen molar-refractivity contribution in [1.29, 1.82) is 0 Å². The third-order valence-electron chi connectivity index (χ3n) is 2.08. The third kappa shape index (κ3) is 3.04. The first-order valence-electron chi connectivity index (χ1n) is 4.66. The third-order valence-corrected chi connectivity index (χ3v) is 2.93. The zero-order chi connectivity index (χ0) is 11.4. The lowest BCUT2D eigenvalue weighted by atomic mass is 10.1. The molecule has 0 radical (unpaired) electrons. The standard InChI is InChI=1S/C11H13BrO3/c1-3-15-6-8-5-10(12)7(2)4-9(8)11(13)14/h4-5H,3,6H2,1-2H3,(H,13,14). The highest BCUT2D eigenvalue weighted by molar-refractivity contribution is 9.10. The molecule has 0 unspecified atom stereocenters. The number of rotatable bonds is 4. The molecule has 0 aliphatic heterocycles. The van der Waals surface area contributed by atoms with Crippen LogP contribution in [0.1, 0.15) is 28.4 Å². The number of carboxylic acids is 1. The number of ether oxygens (including phenoxy) is 1. The largest absolute Gasteiger partial charge is 0.478 e. The van der Waals surface area contributed by atoms with E-state index in [4.69, 9.17) is 9.84 Å². The van der Waals surface area contributed by atoms with E-state index in [1.54, 1.807) is 12.1 Å². The van der Waals surface area contributed by atoms with Crippen molar-refractivity contribution in [3.63, 3.8) is 0 Å². The molecule has 82 valence electrons. The van der Waals surface area contributed by atoms with Crippen LogP contribution in [0.4, 0.5) is 0 Å². The fraction of sp³-hybridized carbons (Fsp3) is 0.364. The summed E-state index contributed by atoms with van der Waals surface area (Å²) in [4.78, 5) is 11.0. The molecule has 0 saturated heterocycles. The molecule has 3 nitrogen and oxygen atoms in total. The zero-order valence-electron chi connectivity index (χ0n) is 8.71. The van der Waals surface area contributed by atoms with Crippen LogP contribution in [0.3, 0.4) is 0 Å². The van der Waals surface area contributed by atoms with Gasteiger partial charge in [-0.2, -0.15) is 0 Å². The minimum atomic E-state index is -0.916. The van der Waals surface area contributed by atoms with Crippen LogP contribution < -0.4 is 0 Å². The van der Waals surface area contributed by atoms with Gasteiger partial charge in [0.15, 0.2) is 0 Å². The summed E-state index contributed by atoms with van der Waals surface area (Å²) in [7, 11) is 0. The molecule has 1 rings (SSSR count). The second-order valence-corrected chi connectivity index (χ2v) is 4.06. The Morgan fingerprint density at radius 1 is 1.53 bits per heavy atom. The van der Waals surface area contributed by atoms with Gasteiger partial charge in [-0.25, -0.2) is 4.79 Å². The van der Waals surface area contributed by atoms with E-state index in [9.17, 15) is 4.79 Å². The quantitative estimate of drug-likeness (QED) is 0.917. The fourth-order valence-corrected chi connectivity index (χ4v) is 1.64. The predicted octanol–water partition coefficient (Wildman–Crippen LogP) is 2.99. The van der Waals surface area contributed by atoms with Crippen molar-refractivity contribution in [2.45, 2.75) is 20.5 Å². The molecule has 1 N–H and O–H groups in total. The summed E-state index contributed by atoms with van der Waals surface area (Å²) in [6.07, 6.45) is 0. The Kier molecular flexibility index (Phi) is 4.29. The van der Waals surface area contributed by atoms with Gasteiger partial charge in [0, 0.05) is 11.1 Å². The van der Waals surface area contributed by atoms with E-state index in [2.05, 4.69) is 15.9 Å². The summed E-state index contributed by atoms with van der Waals surface area (Å²) in [5, 5.41) is 9.01. The smallest absolute Gasteiger partial charge is 0.336 e. The number of carboxylic acid groups (broad SMARTS) is 1. The maximum Gasteiger partial charge on any atom is 0.336 e. The van der Waals surface area contributed by atoms with E-state index in [1.807, 2.05) is 13.8 Å². The summed E-state index contributed by atoms with van der Waals surface area (Å²) in [6.45, 7) is 4.65. The Morgan fingerprint density at radius 3 is 2.73 bits per heavy atom. The van der Waals surface area contributed by atoms with Gasteiger partial charge in [-0.3, -0.25) is 0 Å². The van der Waals surface area contributed by atoms with Crippen molar-refractivity contribution in [3.05, 3.63) is 33.3 Å². The lowest BCUT2D eigenvalue weighted by molar-refractivity contribution is 0.0688. The molecule has 0 aliphatic carbocycles. The van der Waals surface area contributed by atoms with E-state index in [0.717, 1.165) is 10.0 Å². The molecule has 4 heteroatoms. The van der Waals surface area contributed by atoms with Crippen LogP contribution in [0.2, 0.25) is 0 Å². The van der Waals surface area contributed by atoms with E-state index in [1.165, 1.54) is 0 Å². The minimum absolute atomic E-state index is 0.309. The molecule has 0 aliphatic rings. The number of aryl methyl sites for hydroxylation is 1. The predicted molar refractivity (Wildman–Crippen MR) is 61.2 cm³/mol. The Balaban J connectivity index is 3.10. The first kappa shape index (κ1) is 12.2. The van der Waals surface area contributed by atoms with Gasteiger partial charge in [0.05, 0.1) is 12.2 Å². The Morgan fingerprint density at radius 2 is 2.20 bits per heavy atom. The normalized spacial score (nSPS) is 10.3. The van der Waals surface area contributed by atoms with Gasteiger partial charge in [0.1, 0.15) is 0 Å². The highest BCUT2D eigenvalue weighted by Crippen LogP contribution is 2.22. The van der Waals surface area contributed by atoms with Crippen LogP contribution in [0.5, 0.6) is 0 Å². The number of hydrogen-bond donors (Lipinski definition) is 1. The second-order valence-electron chi connectivity index (χ2n) is 3.20. The van der Waals surface area contributed by atoms with Crippen molar-refractivity contribution >= 4 is 21.9 Å². The van der Waals surface area contributed by atoms with Crippen LogP contribution >= 0.6 is 15.9 Å². The summed E-state index contributed by atoms with van der Waals surface area (Å²) >= 11 is 3.37. The molecule has 0 saturated carbocycles. The molecule has 0 amide bonds. The summed E-state index contributed by atoms with van der Waals surface area (Å²) in [5.41, 5.74) is 1.92. The maximum absolute atomic E-state index is 11.0. The summed E-state index contributed by atoms with van der Waals surface area (Å²) in [5.74, 6) is -0.916. The van der Waals surface area contributed by atoms with Crippen LogP contribution in [-0.2, 0) is 11.3 Å². The van der Waals surface area contributed by atoms with Crippen LogP contribution in [0, 0.1) is 6.92 Å². The highest BCUT2D eigenvalue weighted by Gasteiger charge is 2.12. The topological polar surface area (TPSA) is 46.5 Å². The first-order chi connectivity index (χ1) is 7.06. The van der Waals surface area contributed by atoms with Gasteiger partial charge in [-0.15, -0.1) is 0 Å². The molecular formula is C11H13BrO3. The molecule has 1 aromatic rings. The number of benzene rings is 1. The van der Waals surface area contributed by atoms with Gasteiger partial charge in [-0.1, -0.05) is 15.9 Å². The summed E-state index contributed by atoms with van der Waals surface area (Å²) < 4.78 is 6.13. The molecule has 0 heterocycles. The zero-order valence-corrected chi connectivity index (χ0v) is 10.3. The van der Waals surface area contributed by atoms with Gasteiger partial charge >= 0.3 is 5.97 Å². The van der Waals surface area contributed by atoms with Gasteiger partial charge in [0.2, 0.25) is 0 Å². The Bertz CT molecular complexity index is 374. The first-order valence-corrected chi connectivity index (χ1v) is 5.45. The van der Waals surface area contributed by atoms with E-state index < -0.39 is 5.97 Å². The fourth-order valence-electron chi connectivity index (χ4n) is 1.25. The van der Waals surface area contributed by atoms with Gasteiger partial charge in [-0.05, 0) is 37.1 Å². The van der Waals surface area contributed by atoms with Crippen molar-refractivity contribution in [3.8, 4) is 0 Å². The highest BCUT2D eigenvalue weighted by atomic mass is 79.9. The molecular weight excluding hydrogens is 260 g/mol. The SMILES string of the molecule is CCOCc1cc(Br)c(C)cc1C(=O)O. The molecule has 0 bridgehead atoms. The Hall–Kier alpha value is -0.870. The molecule has 0 spiro atoms. The average molecular weight is 273 g/mol. The molecule has 0 atom stereocenters. The van der Waals surface area contributed by atoms with Crippen LogP contribution in [0.25, 0.3) is 0 Å². The lowest BCUT2D eigenvalue weighted by Crippen LogP contribution is -2.05. The molecule has 1 aromatic carbocycles. The molecule has 0 fully saturated rings. The van der Waals surface area contributed by atoms with Gasteiger partial charge < -0.3 is 9.84 Å². The number of hydrogen-bond acceptors (Lipinski definition) is 2. The van der Waals surface area contributed by atoms with Crippen molar-refractivity contribution < 1.29 is 14.6 Å². The monoisotopic (exact) mass is 272 g/mol. The molecule has 15 heavy (non-hydrogen) atoms. The lowest BCUT2D eigenvalue weighted by Gasteiger charge is -2.08. The van der Waals surface area contributed by atoms with E-state index in [-0.39, 0.29) is 0 Å². The van der Waals surface area contributed by atoms with Crippen molar-refractivity contribution in [1.82, 2.24) is 0 Å². The molecule has 0 aromatic heterocycles. The van der Waals surface area contributed by atoms with Gasteiger partial charge in [0.25, 0.3) is 0 Å². The Labute approximate surface area is 97.2 Å². The second kappa shape index (κ2) is 5.28. The van der Waals surface area contributed by atoms with E-state index >= 15 is 0 Å². The van der Waals surface area contributed by atoms with Crippen molar-refractivity contribution in [2.75, 3.05) is 6.61 Å². The average Bonchev–Trinajstić information content (AvgIpc) is 2.19. The number of halogens is 1. The van der Waals surface area contributed by atoms with Crippen LogP contribution in [-0.4, -0.2) is 17.7 Å². The number of aromatic carboxylic acids is 1. The summed E-state index contributed by atoms with van der Waals surface area (Å²) in [6, 6.07) is 3.45. The van der Waals surface area contributed by atoms with E-state index in [0.29, 0.717) is 24.3 Å². The maximum atomic E-state index is 11.0. The van der Waals surface area contributed by atoms with Crippen LogP contribution in [0.15, 0.2) is 16.6 Å². The number of carbonyl (C=O) groups is 1. The van der Waals surface area contributed by atoms with Crippen molar-refractivity contribution in [2.24, 2.45) is 0 Å². The minimum Gasteiger partial charge on any atom is -0.478 e.